The third-order valence-corrected chi connectivity index (χ3v) is 2.13. The highest BCUT2D eigenvalue weighted by Gasteiger charge is 1.95. The summed E-state index contributed by atoms with van der Waals surface area (Å²) in [6.07, 6.45) is 1.77. The van der Waals surface area contributed by atoms with Crippen LogP contribution in [0.25, 0.3) is 11.0 Å². The van der Waals surface area contributed by atoms with Crippen LogP contribution >= 0.6 is 22.6 Å². The van der Waals surface area contributed by atoms with E-state index in [1.54, 1.807) is 12.3 Å². The SMILES string of the molecule is O=c1ccc2ncc(I)cc2[nH]1. The minimum atomic E-state index is -0.0914. The van der Waals surface area contributed by atoms with Gasteiger partial charge in [0.15, 0.2) is 0 Å². The Morgan fingerprint density at radius 2 is 2.25 bits per heavy atom. The molecule has 0 atom stereocenters. The van der Waals surface area contributed by atoms with Gasteiger partial charge in [0.05, 0.1) is 11.0 Å². The summed E-state index contributed by atoms with van der Waals surface area (Å²) in [4.78, 5) is 17.8. The molecule has 0 aromatic carbocycles. The Morgan fingerprint density at radius 1 is 1.42 bits per heavy atom. The zero-order valence-corrected chi connectivity index (χ0v) is 8.20. The first-order valence-corrected chi connectivity index (χ1v) is 4.48. The number of halogens is 1. The highest BCUT2D eigenvalue weighted by molar-refractivity contribution is 14.1. The smallest absolute Gasteiger partial charge is 0.248 e. The molecular formula is C8H5IN2O. The maximum atomic E-state index is 10.9. The van der Waals surface area contributed by atoms with Gasteiger partial charge in [-0.15, -0.1) is 0 Å². The third kappa shape index (κ3) is 1.34. The van der Waals surface area contributed by atoms with Crippen LogP contribution in [0.3, 0.4) is 0 Å². The van der Waals surface area contributed by atoms with Crippen molar-refractivity contribution in [3.8, 4) is 0 Å². The van der Waals surface area contributed by atoms with Crippen LogP contribution in [0.5, 0.6) is 0 Å². The van der Waals surface area contributed by atoms with Crippen LogP contribution in [-0.4, -0.2) is 9.97 Å². The van der Waals surface area contributed by atoms with Crippen LogP contribution in [-0.2, 0) is 0 Å². The summed E-state index contributed by atoms with van der Waals surface area (Å²) in [6.45, 7) is 0. The number of hydrogen-bond donors (Lipinski definition) is 1. The van der Waals surface area contributed by atoms with Gasteiger partial charge in [0, 0.05) is 15.8 Å². The van der Waals surface area contributed by atoms with Crippen molar-refractivity contribution in [1.82, 2.24) is 9.97 Å². The molecule has 12 heavy (non-hydrogen) atoms. The van der Waals surface area contributed by atoms with E-state index in [1.165, 1.54) is 6.07 Å². The lowest BCUT2D eigenvalue weighted by atomic mass is 10.3. The first-order valence-electron chi connectivity index (χ1n) is 3.40. The van der Waals surface area contributed by atoms with Crippen molar-refractivity contribution < 1.29 is 0 Å². The first kappa shape index (κ1) is 7.72. The molecule has 3 nitrogen and oxygen atoms in total. The van der Waals surface area contributed by atoms with E-state index < -0.39 is 0 Å². The lowest BCUT2D eigenvalue weighted by molar-refractivity contribution is 1.27. The van der Waals surface area contributed by atoms with E-state index in [1.807, 2.05) is 6.07 Å². The van der Waals surface area contributed by atoms with Crippen LogP contribution in [0.4, 0.5) is 0 Å². The summed E-state index contributed by atoms with van der Waals surface area (Å²) >= 11 is 2.16. The van der Waals surface area contributed by atoms with Crippen molar-refractivity contribution in [2.75, 3.05) is 0 Å². The van der Waals surface area contributed by atoms with Crippen molar-refractivity contribution in [2.24, 2.45) is 0 Å². The molecule has 0 aliphatic heterocycles. The molecule has 0 fully saturated rings. The van der Waals surface area contributed by atoms with Gasteiger partial charge in [0.25, 0.3) is 0 Å². The second-order valence-corrected chi connectivity index (χ2v) is 3.65. The van der Waals surface area contributed by atoms with Gasteiger partial charge in [0.2, 0.25) is 5.56 Å². The molecule has 2 aromatic heterocycles. The van der Waals surface area contributed by atoms with Gasteiger partial charge in [-0.25, -0.2) is 0 Å². The van der Waals surface area contributed by atoms with E-state index in [0.717, 1.165) is 14.6 Å². The standard InChI is InChI=1S/C8H5IN2O/c9-5-3-7-6(10-4-5)1-2-8(12)11-7/h1-4H,(H,11,12). The second kappa shape index (κ2) is 2.85. The average Bonchev–Trinajstić information content (AvgIpc) is 2.03. The topological polar surface area (TPSA) is 45.8 Å². The summed E-state index contributed by atoms with van der Waals surface area (Å²) in [5.41, 5.74) is 1.51. The van der Waals surface area contributed by atoms with Crippen molar-refractivity contribution in [3.63, 3.8) is 0 Å². The molecular weight excluding hydrogens is 267 g/mol. The zero-order chi connectivity index (χ0) is 8.55. The second-order valence-electron chi connectivity index (χ2n) is 2.41. The zero-order valence-electron chi connectivity index (χ0n) is 6.04. The fourth-order valence-electron chi connectivity index (χ4n) is 1.01. The van der Waals surface area contributed by atoms with Crippen molar-refractivity contribution in [2.45, 2.75) is 0 Å². The molecule has 0 aliphatic carbocycles. The molecule has 0 amide bonds. The Labute approximate surface area is 82.0 Å². The largest absolute Gasteiger partial charge is 0.321 e. The maximum Gasteiger partial charge on any atom is 0.248 e. The minimum Gasteiger partial charge on any atom is -0.321 e. The molecule has 0 saturated heterocycles. The van der Waals surface area contributed by atoms with Crippen molar-refractivity contribution >= 4 is 33.6 Å². The average molecular weight is 272 g/mol. The molecule has 4 heteroatoms. The van der Waals surface area contributed by atoms with Crippen LogP contribution in [0.2, 0.25) is 0 Å². The van der Waals surface area contributed by atoms with Gasteiger partial charge in [0.1, 0.15) is 0 Å². The predicted octanol–water partition coefficient (Wildman–Crippen LogP) is 1.53. The lowest BCUT2D eigenvalue weighted by Gasteiger charge is -1.95. The molecule has 1 N–H and O–H groups in total. The number of aromatic nitrogens is 2. The van der Waals surface area contributed by atoms with E-state index >= 15 is 0 Å². The molecule has 0 unspecified atom stereocenters. The fraction of sp³-hybridized carbons (Fsp3) is 0. The van der Waals surface area contributed by atoms with Crippen molar-refractivity contribution in [3.05, 3.63) is 38.3 Å². The molecule has 0 spiro atoms. The number of hydrogen-bond acceptors (Lipinski definition) is 2. The van der Waals surface area contributed by atoms with Crippen LogP contribution in [0, 0.1) is 3.57 Å². The van der Waals surface area contributed by atoms with E-state index in [-0.39, 0.29) is 5.56 Å². The molecule has 2 heterocycles. The van der Waals surface area contributed by atoms with E-state index in [2.05, 4.69) is 32.6 Å². The molecule has 0 aliphatic rings. The number of pyridine rings is 2. The first-order chi connectivity index (χ1) is 5.75. The lowest BCUT2D eigenvalue weighted by Crippen LogP contribution is -2.02. The van der Waals surface area contributed by atoms with Crippen LogP contribution in [0.15, 0.2) is 29.2 Å². The molecule has 0 radical (unpaired) electrons. The Balaban J connectivity index is 2.89. The summed E-state index contributed by atoms with van der Waals surface area (Å²) < 4.78 is 1.02. The van der Waals surface area contributed by atoms with Gasteiger partial charge in [-0.2, -0.15) is 0 Å². The minimum absolute atomic E-state index is 0.0914. The number of aromatic amines is 1. The molecule has 0 bridgehead atoms. The number of rotatable bonds is 0. The maximum absolute atomic E-state index is 10.9. The Morgan fingerprint density at radius 3 is 3.08 bits per heavy atom. The van der Waals surface area contributed by atoms with E-state index in [4.69, 9.17) is 0 Å². The van der Waals surface area contributed by atoms with Gasteiger partial charge < -0.3 is 4.98 Å². The predicted molar refractivity (Wildman–Crippen MR) is 55.1 cm³/mol. The van der Waals surface area contributed by atoms with Crippen molar-refractivity contribution in [1.29, 1.82) is 0 Å². The fourth-order valence-corrected chi connectivity index (χ4v) is 1.46. The summed E-state index contributed by atoms with van der Waals surface area (Å²) in [5.74, 6) is 0. The Kier molecular flexibility index (Phi) is 1.84. The molecule has 2 rings (SSSR count). The highest BCUT2D eigenvalue weighted by atomic mass is 127. The van der Waals surface area contributed by atoms with Gasteiger partial charge in [-0.3, -0.25) is 9.78 Å². The Bertz CT molecular complexity index is 478. The quantitative estimate of drug-likeness (QED) is 0.739. The van der Waals surface area contributed by atoms with Gasteiger partial charge in [-0.05, 0) is 34.7 Å². The number of nitrogens with zero attached hydrogens (tertiary/aromatic N) is 1. The summed E-state index contributed by atoms with van der Waals surface area (Å²) in [7, 11) is 0. The number of H-pyrrole nitrogens is 1. The third-order valence-electron chi connectivity index (χ3n) is 1.54. The van der Waals surface area contributed by atoms with Crippen LogP contribution in [0.1, 0.15) is 0 Å². The molecule has 2 aromatic rings. The van der Waals surface area contributed by atoms with Crippen LogP contribution < -0.4 is 5.56 Å². The number of nitrogens with one attached hydrogen (secondary N) is 1. The monoisotopic (exact) mass is 272 g/mol. The summed E-state index contributed by atoms with van der Waals surface area (Å²) in [5, 5.41) is 0. The number of fused-ring (bicyclic) bond motifs is 1. The Hall–Kier alpha value is -0.910. The summed E-state index contributed by atoms with van der Waals surface area (Å²) in [6, 6.07) is 5.08. The van der Waals surface area contributed by atoms with Gasteiger partial charge in [-0.1, -0.05) is 0 Å². The molecule has 60 valence electrons. The highest BCUT2D eigenvalue weighted by Crippen LogP contribution is 2.09. The normalized spacial score (nSPS) is 10.4. The van der Waals surface area contributed by atoms with E-state index in [0.29, 0.717) is 0 Å². The van der Waals surface area contributed by atoms with E-state index in [9.17, 15) is 4.79 Å². The van der Waals surface area contributed by atoms with Gasteiger partial charge >= 0.3 is 0 Å². The molecule has 0 saturated carbocycles.